The van der Waals surface area contributed by atoms with Gasteiger partial charge in [-0.3, -0.25) is 0 Å². The third-order valence-electron chi connectivity index (χ3n) is 4.93. The quantitative estimate of drug-likeness (QED) is 0.150. The number of hydrogen-bond donors (Lipinski definition) is 6. The van der Waals surface area contributed by atoms with Crippen LogP contribution in [0.5, 0.6) is 0 Å². The number of rotatable bonds is 6. The van der Waals surface area contributed by atoms with Crippen LogP contribution in [0.15, 0.2) is 74.4 Å². The van der Waals surface area contributed by atoms with Crippen molar-refractivity contribution in [3.8, 4) is 0 Å². The summed E-state index contributed by atoms with van der Waals surface area (Å²) in [6.45, 7) is 0. The van der Waals surface area contributed by atoms with Gasteiger partial charge in [0, 0.05) is 0 Å². The number of aromatic amines is 6. The SMILES string of the molecule is c1c[nH][c]([Ni]([c]2ncc[nH]2)([c]2ncc[nH]2)([c]2ncc[nH]2)([c]2ncc[nH]2)[c]2ncc[nH]2)n1. The maximum absolute atomic E-state index is 4.99. The van der Waals surface area contributed by atoms with E-state index in [1.807, 2.05) is 0 Å². The molecular formula is C18H18N12Ni. The van der Waals surface area contributed by atoms with E-state index >= 15 is 0 Å². The molecule has 0 amide bonds. The first kappa shape index (κ1) is 17.6. The molecule has 0 fully saturated rings. The van der Waals surface area contributed by atoms with Crippen LogP contribution in [0, 0.1) is 0 Å². The average molecular weight is 461 g/mol. The first-order chi connectivity index (χ1) is 15.3. The van der Waals surface area contributed by atoms with Crippen molar-refractivity contribution in [2.45, 2.75) is 0 Å². The Bertz CT molecular complexity index is 1090. The number of nitrogens with zero attached hydrogens (tertiary/aromatic N) is 6. The summed E-state index contributed by atoms with van der Waals surface area (Å²) < 4.78 is 0. The summed E-state index contributed by atoms with van der Waals surface area (Å²) in [5, 5.41) is 0. The maximum atomic E-state index is 4.81. The molecule has 160 valence electrons. The summed E-state index contributed by atoms with van der Waals surface area (Å²) in [5.74, 6) is 0. The summed E-state index contributed by atoms with van der Waals surface area (Å²) in [6.07, 6.45) is 20.6. The van der Waals surface area contributed by atoms with E-state index in [9.17, 15) is 0 Å². The van der Waals surface area contributed by atoms with Gasteiger partial charge < -0.3 is 0 Å². The standard InChI is InChI=1S/6C3H3N2.Ni/c6*1-2-5-3-4-1;/h6*1-2H,(H,4,5);. The monoisotopic (exact) mass is 460 g/mol. The zero-order valence-corrected chi connectivity index (χ0v) is 16.9. The molecule has 6 N–H and O–H groups in total. The Labute approximate surface area is 173 Å². The van der Waals surface area contributed by atoms with Crippen molar-refractivity contribution in [1.82, 2.24) is 59.8 Å². The van der Waals surface area contributed by atoms with Gasteiger partial charge in [-0.25, -0.2) is 0 Å². The van der Waals surface area contributed by atoms with Crippen LogP contribution in [0.3, 0.4) is 0 Å². The Morgan fingerprint density at radius 3 is 0.677 bits per heavy atom. The van der Waals surface area contributed by atoms with Gasteiger partial charge in [0.25, 0.3) is 0 Å². The predicted molar refractivity (Wildman–Crippen MR) is 109 cm³/mol. The molecule has 0 aliphatic rings. The van der Waals surface area contributed by atoms with Gasteiger partial charge >= 0.3 is 173 Å². The third kappa shape index (κ3) is 1.52. The Morgan fingerprint density at radius 1 is 0.355 bits per heavy atom. The molecule has 0 unspecified atom stereocenters. The molecule has 0 saturated heterocycles. The van der Waals surface area contributed by atoms with Gasteiger partial charge in [-0.15, -0.1) is 0 Å². The first-order valence-corrected chi connectivity index (χ1v) is 12.0. The van der Waals surface area contributed by atoms with Gasteiger partial charge in [0.1, 0.15) is 0 Å². The molecule has 0 atom stereocenters. The molecule has 12 nitrogen and oxygen atoms in total. The molecule has 6 heterocycles. The van der Waals surface area contributed by atoms with Crippen molar-refractivity contribution in [1.29, 1.82) is 0 Å². The average Bonchev–Trinajstić information content (AvgIpc) is 3.68. The molecule has 0 radical (unpaired) electrons. The molecule has 0 saturated carbocycles. The fourth-order valence-electron chi connectivity index (χ4n) is 3.78. The summed E-state index contributed by atoms with van der Waals surface area (Å²) in [6, 6.07) is 0. The summed E-state index contributed by atoms with van der Waals surface area (Å²) in [5.41, 5.74) is 0. The Morgan fingerprint density at radius 2 is 0.548 bits per heavy atom. The number of imidazole rings is 6. The summed E-state index contributed by atoms with van der Waals surface area (Å²) >= 11 is 0. The van der Waals surface area contributed by atoms with Crippen molar-refractivity contribution in [2.24, 2.45) is 0 Å². The topological polar surface area (TPSA) is 172 Å². The van der Waals surface area contributed by atoms with E-state index in [4.69, 9.17) is 29.9 Å². The van der Waals surface area contributed by atoms with Gasteiger partial charge in [-0.2, -0.15) is 0 Å². The van der Waals surface area contributed by atoms with Crippen LogP contribution in [-0.2, 0) is 10.3 Å². The molecule has 6 aromatic heterocycles. The molecule has 0 aliphatic heterocycles. The summed E-state index contributed by atoms with van der Waals surface area (Å²) in [4.78, 5) is 52.0. The zero-order chi connectivity index (χ0) is 20.8. The van der Waals surface area contributed by atoms with Gasteiger partial charge in [-0.05, 0) is 0 Å². The Balaban J connectivity index is 2.12. The number of H-pyrrole nitrogens is 6. The third-order valence-corrected chi connectivity index (χ3v) is 13.6. The second kappa shape index (κ2) is 5.67. The van der Waals surface area contributed by atoms with Crippen LogP contribution in [-0.4, -0.2) is 59.8 Å². The van der Waals surface area contributed by atoms with Crippen LogP contribution < -0.4 is 28.8 Å². The molecule has 31 heavy (non-hydrogen) atoms. The van der Waals surface area contributed by atoms with Crippen molar-refractivity contribution in [2.75, 3.05) is 0 Å². The Kier molecular flexibility index (Phi) is 3.22. The van der Waals surface area contributed by atoms with Crippen molar-refractivity contribution >= 4 is 28.8 Å². The van der Waals surface area contributed by atoms with E-state index in [0.29, 0.717) is 28.8 Å². The van der Waals surface area contributed by atoms with Crippen LogP contribution >= 0.6 is 0 Å². The van der Waals surface area contributed by atoms with Crippen molar-refractivity contribution < 1.29 is 10.3 Å². The van der Waals surface area contributed by atoms with E-state index in [-0.39, 0.29) is 0 Å². The second-order valence-corrected chi connectivity index (χ2v) is 12.8. The van der Waals surface area contributed by atoms with E-state index in [1.54, 1.807) is 74.4 Å². The molecule has 0 aliphatic carbocycles. The second-order valence-electron chi connectivity index (χ2n) is 6.29. The van der Waals surface area contributed by atoms with Crippen molar-refractivity contribution in [3.05, 3.63) is 74.4 Å². The minimum atomic E-state index is -4.99. The van der Waals surface area contributed by atoms with E-state index < -0.39 is 10.3 Å². The Hall–Kier alpha value is -4.25. The molecule has 0 bridgehead atoms. The summed E-state index contributed by atoms with van der Waals surface area (Å²) in [7, 11) is -4.99. The fraction of sp³-hybridized carbons (Fsp3) is 0. The fourth-order valence-corrected chi connectivity index (χ4v) is 12.1. The normalized spacial score (nSPS) is 14.3. The molecule has 0 spiro atoms. The predicted octanol–water partition coefficient (Wildman–Crippen LogP) is -2.50. The molecule has 13 heteroatoms. The molecular weight excluding hydrogens is 443 g/mol. The molecule has 6 rings (SSSR count). The number of nitrogens with one attached hydrogen (secondary N) is 6. The van der Waals surface area contributed by atoms with Gasteiger partial charge in [0.15, 0.2) is 0 Å². The van der Waals surface area contributed by atoms with Crippen LogP contribution in [0.4, 0.5) is 0 Å². The molecule has 6 aromatic rings. The first-order valence-electron chi connectivity index (χ1n) is 9.07. The zero-order valence-electron chi connectivity index (χ0n) is 15.9. The van der Waals surface area contributed by atoms with Crippen LogP contribution in [0.1, 0.15) is 0 Å². The van der Waals surface area contributed by atoms with Crippen LogP contribution in [0.25, 0.3) is 0 Å². The van der Waals surface area contributed by atoms with Crippen LogP contribution in [0.2, 0.25) is 0 Å². The van der Waals surface area contributed by atoms with Crippen molar-refractivity contribution in [3.63, 3.8) is 0 Å². The number of hydrogen-bond acceptors (Lipinski definition) is 6. The number of aromatic nitrogens is 12. The van der Waals surface area contributed by atoms with Gasteiger partial charge in [0.05, 0.1) is 0 Å². The van der Waals surface area contributed by atoms with Gasteiger partial charge in [0.2, 0.25) is 0 Å². The van der Waals surface area contributed by atoms with E-state index in [1.165, 1.54) is 0 Å². The minimum absolute atomic E-state index is 0.511. The van der Waals surface area contributed by atoms with E-state index in [2.05, 4.69) is 29.9 Å². The van der Waals surface area contributed by atoms with E-state index in [0.717, 1.165) is 0 Å². The molecule has 0 aromatic carbocycles. The van der Waals surface area contributed by atoms with Gasteiger partial charge in [-0.1, -0.05) is 0 Å².